The third kappa shape index (κ3) is 2.99. The normalized spacial score (nSPS) is 19.1. The Morgan fingerprint density at radius 2 is 2.10 bits per heavy atom. The van der Waals surface area contributed by atoms with Crippen molar-refractivity contribution in [3.8, 4) is 0 Å². The molecular formula is C17H21N3. The first-order chi connectivity index (χ1) is 9.85. The van der Waals surface area contributed by atoms with Gasteiger partial charge in [0.25, 0.3) is 0 Å². The molecule has 3 nitrogen and oxygen atoms in total. The molecule has 2 aromatic rings. The maximum absolute atomic E-state index is 4.27. The van der Waals surface area contributed by atoms with E-state index in [0.29, 0.717) is 5.92 Å². The Labute approximate surface area is 120 Å². The molecule has 1 aliphatic rings. The summed E-state index contributed by atoms with van der Waals surface area (Å²) >= 11 is 0. The Balaban J connectivity index is 1.63. The topological polar surface area (TPSA) is 28.2 Å². The average Bonchev–Trinajstić information content (AvgIpc) is 2.97. The molecule has 0 radical (unpaired) electrons. The van der Waals surface area contributed by atoms with Crippen molar-refractivity contribution >= 4 is 5.82 Å². The van der Waals surface area contributed by atoms with Crippen molar-refractivity contribution < 1.29 is 0 Å². The number of nitrogens with one attached hydrogen (secondary N) is 1. The van der Waals surface area contributed by atoms with Gasteiger partial charge < -0.3 is 5.32 Å². The molecule has 1 atom stereocenters. The Morgan fingerprint density at radius 3 is 2.90 bits per heavy atom. The second kappa shape index (κ2) is 6.06. The van der Waals surface area contributed by atoms with Gasteiger partial charge in [0.05, 0.1) is 0 Å². The number of aromatic nitrogens is 1. The summed E-state index contributed by atoms with van der Waals surface area (Å²) in [4.78, 5) is 6.80. The first-order valence-electron chi connectivity index (χ1n) is 7.25. The van der Waals surface area contributed by atoms with Gasteiger partial charge in [0.15, 0.2) is 0 Å². The molecule has 1 aromatic heterocycles. The highest BCUT2D eigenvalue weighted by molar-refractivity contribution is 5.36. The molecule has 20 heavy (non-hydrogen) atoms. The summed E-state index contributed by atoms with van der Waals surface area (Å²) in [6, 6.07) is 15.1. The van der Waals surface area contributed by atoms with Crippen LogP contribution in [0.15, 0.2) is 48.7 Å². The molecule has 0 aliphatic carbocycles. The molecule has 3 rings (SSSR count). The third-order valence-electron chi connectivity index (χ3n) is 4.03. The molecule has 0 spiro atoms. The van der Waals surface area contributed by atoms with Gasteiger partial charge in [-0.2, -0.15) is 0 Å². The molecule has 0 amide bonds. The molecule has 0 saturated carbocycles. The molecule has 3 heteroatoms. The van der Waals surface area contributed by atoms with Gasteiger partial charge in [-0.15, -0.1) is 0 Å². The Hall–Kier alpha value is -1.87. The van der Waals surface area contributed by atoms with Crippen LogP contribution in [0.5, 0.6) is 0 Å². The zero-order chi connectivity index (χ0) is 13.8. The second-order valence-electron chi connectivity index (χ2n) is 5.43. The number of hydrogen-bond donors (Lipinski definition) is 1. The van der Waals surface area contributed by atoms with Gasteiger partial charge in [-0.3, -0.25) is 4.90 Å². The molecule has 1 N–H and O–H groups in total. The monoisotopic (exact) mass is 267 g/mol. The van der Waals surface area contributed by atoms with E-state index in [1.54, 1.807) is 0 Å². The SMILES string of the molecule is CNc1cc(CN2CCC(c3ccccc3)C2)ccn1. The molecule has 0 bridgehead atoms. The first-order valence-corrected chi connectivity index (χ1v) is 7.25. The molecule has 1 aliphatic heterocycles. The van der Waals surface area contributed by atoms with E-state index in [1.807, 2.05) is 13.2 Å². The lowest BCUT2D eigenvalue weighted by Gasteiger charge is -2.16. The lowest BCUT2D eigenvalue weighted by atomic mass is 9.99. The highest BCUT2D eigenvalue weighted by Crippen LogP contribution is 2.28. The fraction of sp³-hybridized carbons (Fsp3) is 0.353. The van der Waals surface area contributed by atoms with Gasteiger partial charge in [0, 0.05) is 26.3 Å². The van der Waals surface area contributed by atoms with Gasteiger partial charge in [-0.05, 0) is 42.1 Å². The zero-order valence-corrected chi connectivity index (χ0v) is 11.9. The van der Waals surface area contributed by atoms with Crippen LogP contribution in [0.4, 0.5) is 5.82 Å². The maximum Gasteiger partial charge on any atom is 0.125 e. The van der Waals surface area contributed by atoms with E-state index in [0.717, 1.165) is 18.9 Å². The number of anilines is 1. The Kier molecular flexibility index (Phi) is 3.97. The fourth-order valence-electron chi connectivity index (χ4n) is 2.94. The van der Waals surface area contributed by atoms with Crippen LogP contribution in [-0.4, -0.2) is 30.0 Å². The predicted octanol–water partition coefficient (Wildman–Crippen LogP) is 3.11. The Bertz CT molecular complexity index is 553. The first kappa shape index (κ1) is 13.1. The van der Waals surface area contributed by atoms with Crippen molar-refractivity contribution in [2.24, 2.45) is 0 Å². The number of pyridine rings is 1. The van der Waals surface area contributed by atoms with Crippen LogP contribution in [0, 0.1) is 0 Å². The summed E-state index contributed by atoms with van der Waals surface area (Å²) in [6.45, 7) is 3.35. The molecule has 1 unspecified atom stereocenters. The highest BCUT2D eigenvalue weighted by Gasteiger charge is 2.23. The van der Waals surface area contributed by atoms with Gasteiger partial charge >= 0.3 is 0 Å². The molecular weight excluding hydrogens is 246 g/mol. The summed E-state index contributed by atoms with van der Waals surface area (Å²) < 4.78 is 0. The third-order valence-corrected chi connectivity index (χ3v) is 4.03. The van der Waals surface area contributed by atoms with Crippen LogP contribution in [0.3, 0.4) is 0 Å². The summed E-state index contributed by atoms with van der Waals surface area (Å²) in [5.74, 6) is 1.63. The van der Waals surface area contributed by atoms with E-state index in [9.17, 15) is 0 Å². The number of rotatable bonds is 4. The lowest BCUT2D eigenvalue weighted by molar-refractivity contribution is 0.327. The molecule has 1 saturated heterocycles. The average molecular weight is 267 g/mol. The van der Waals surface area contributed by atoms with Gasteiger partial charge in [0.2, 0.25) is 0 Å². The summed E-state index contributed by atoms with van der Waals surface area (Å²) in [5.41, 5.74) is 2.80. The van der Waals surface area contributed by atoms with E-state index in [1.165, 1.54) is 24.1 Å². The highest BCUT2D eigenvalue weighted by atomic mass is 15.1. The fourth-order valence-corrected chi connectivity index (χ4v) is 2.94. The molecule has 1 aromatic carbocycles. The molecule has 2 heterocycles. The van der Waals surface area contributed by atoms with E-state index in [-0.39, 0.29) is 0 Å². The van der Waals surface area contributed by atoms with Crippen LogP contribution in [0.1, 0.15) is 23.5 Å². The summed E-state index contributed by atoms with van der Waals surface area (Å²) in [5, 5.41) is 3.10. The van der Waals surface area contributed by atoms with Crippen LogP contribution >= 0.6 is 0 Å². The van der Waals surface area contributed by atoms with Gasteiger partial charge in [0.1, 0.15) is 5.82 Å². The van der Waals surface area contributed by atoms with Gasteiger partial charge in [-0.1, -0.05) is 30.3 Å². The maximum atomic E-state index is 4.27. The predicted molar refractivity (Wildman–Crippen MR) is 82.9 cm³/mol. The van der Waals surface area contributed by atoms with E-state index in [2.05, 4.69) is 57.7 Å². The quantitative estimate of drug-likeness (QED) is 0.922. The minimum absolute atomic E-state index is 0.682. The lowest BCUT2D eigenvalue weighted by Crippen LogP contribution is -2.19. The smallest absolute Gasteiger partial charge is 0.125 e. The van der Waals surface area contributed by atoms with Crippen molar-refractivity contribution in [1.29, 1.82) is 0 Å². The van der Waals surface area contributed by atoms with Crippen molar-refractivity contribution in [2.45, 2.75) is 18.9 Å². The number of benzene rings is 1. The molecule has 104 valence electrons. The largest absolute Gasteiger partial charge is 0.373 e. The van der Waals surface area contributed by atoms with Gasteiger partial charge in [-0.25, -0.2) is 4.98 Å². The van der Waals surface area contributed by atoms with E-state index < -0.39 is 0 Å². The minimum Gasteiger partial charge on any atom is -0.373 e. The Morgan fingerprint density at radius 1 is 1.25 bits per heavy atom. The zero-order valence-electron chi connectivity index (χ0n) is 11.9. The van der Waals surface area contributed by atoms with Crippen molar-refractivity contribution in [1.82, 2.24) is 9.88 Å². The number of hydrogen-bond acceptors (Lipinski definition) is 3. The van der Waals surface area contributed by atoms with E-state index >= 15 is 0 Å². The number of likely N-dealkylation sites (tertiary alicyclic amines) is 1. The van der Waals surface area contributed by atoms with Crippen molar-refractivity contribution in [3.05, 3.63) is 59.8 Å². The van der Waals surface area contributed by atoms with Crippen LogP contribution < -0.4 is 5.32 Å². The second-order valence-corrected chi connectivity index (χ2v) is 5.43. The van der Waals surface area contributed by atoms with Crippen LogP contribution in [0.25, 0.3) is 0 Å². The molecule has 1 fully saturated rings. The van der Waals surface area contributed by atoms with E-state index in [4.69, 9.17) is 0 Å². The minimum atomic E-state index is 0.682. The van der Waals surface area contributed by atoms with Crippen LogP contribution in [0.2, 0.25) is 0 Å². The summed E-state index contributed by atoms with van der Waals surface area (Å²) in [7, 11) is 1.91. The van der Waals surface area contributed by atoms with Crippen LogP contribution in [-0.2, 0) is 6.54 Å². The standard InChI is InChI=1S/C17H21N3/c1-18-17-11-14(7-9-19-17)12-20-10-8-16(13-20)15-5-3-2-4-6-15/h2-7,9,11,16H,8,10,12-13H2,1H3,(H,18,19). The number of nitrogens with zero attached hydrogens (tertiary/aromatic N) is 2. The van der Waals surface area contributed by atoms with Crippen molar-refractivity contribution in [2.75, 3.05) is 25.5 Å². The summed E-state index contributed by atoms with van der Waals surface area (Å²) in [6.07, 6.45) is 3.14. The van der Waals surface area contributed by atoms with Crippen molar-refractivity contribution in [3.63, 3.8) is 0 Å².